The molecule has 16 heavy (non-hydrogen) atoms. The molecule has 2 aromatic rings. The first-order valence-corrected chi connectivity index (χ1v) is 5.08. The SMILES string of the molecule is Nc1nc(-c2cc(C3CC3)[nH]n2)ncc1F. The fourth-order valence-corrected chi connectivity index (χ4v) is 1.56. The number of H-pyrrole nitrogens is 1. The number of anilines is 1. The summed E-state index contributed by atoms with van der Waals surface area (Å²) in [5, 5.41) is 7.03. The van der Waals surface area contributed by atoms with E-state index >= 15 is 0 Å². The third-order valence-electron chi connectivity index (χ3n) is 2.62. The van der Waals surface area contributed by atoms with Gasteiger partial charge in [-0.1, -0.05) is 0 Å². The van der Waals surface area contributed by atoms with E-state index in [0.29, 0.717) is 17.4 Å². The smallest absolute Gasteiger partial charge is 0.183 e. The van der Waals surface area contributed by atoms with Crippen LogP contribution >= 0.6 is 0 Å². The van der Waals surface area contributed by atoms with Crippen molar-refractivity contribution < 1.29 is 4.39 Å². The van der Waals surface area contributed by atoms with Crippen molar-refractivity contribution in [2.24, 2.45) is 0 Å². The first-order chi connectivity index (χ1) is 7.74. The summed E-state index contributed by atoms with van der Waals surface area (Å²) in [5.74, 6) is 0.170. The molecule has 0 bridgehead atoms. The Labute approximate surface area is 90.9 Å². The molecule has 1 saturated carbocycles. The van der Waals surface area contributed by atoms with Crippen LogP contribution in [-0.2, 0) is 0 Å². The third-order valence-corrected chi connectivity index (χ3v) is 2.62. The molecule has 1 aliphatic carbocycles. The van der Waals surface area contributed by atoms with Gasteiger partial charge in [-0.3, -0.25) is 5.10 Å². The summed E-state index contributed by atoms with van der Waals surface area (Å²) in [6.07, 6.45) is 3.44. The minimum absolute atomic E-state index is 0.152. The van der Waals surface area contributed by atoms with Gasteiger partial charge in [0.2, 0.25) is 0 Å². The van der Waals surface area contributed by atoms with E-state index in [-0.39, 0.29) is 5.82 Å². The average Bonchev–Trinajstić information content (AvgIpc) is 3.01. The number of hydrogen-bond acceptors (Lipinski definition) is 4. The highest BCUT2D eigenvalue weighted by Gasteiger charge is 2.26. The maximum Gasteiger partial charge on any atom is 0.183 e. The highest BCUT2D eigenvalue weighted by atomic mass is 19.1. The van der Waals surface area contributed by atoms with Gasteiger partial charge in [0.15, 0.2) is 17.5 Å². The number of nitrogens with two attached hydrogens (primary N) is 1. The number of nitrogen functional groups attached to an aromatic ring is 1. The molecule has 0 radical (unpaired) electrons. The molecular formula is C10H10FN5. The molecule has 0 unspecified atom stereocenters. The fraction of sp³-hybridized carbons (Fsp3) is 0.300. The van der Waals surface area contributed by atoms with Crippen LogP contribution in [0.5, 0.6) is 0 Å². The van der Waals surface area contributed by atoms with Gasteiger partial charge in [0.25, 0.3) is 0 Å². The second-order valence-electron chi connectivity index (χ2n) is 3.91. The Kier molecular flexibility index (Phi) is 1.89. The molecule has 6 heteroatoms. The predicted molar refractivity (Wildman–Crippen MR) is 56.0 cm³/mol. The van der Waals surface area contributed by atoms with Gasteiger partial charge in [0, 0.05) is 11.6 Å². The van der Waals surface area contributed by atoms with Gasteiger partial charge in [0.05, 0.1) is 6.20 Å². The van der Waals surface area contributed by atoms with Gasteiger partial charge < -0.3 is 5.73 Å². The molecule has 0 atom stereocenters. The summed E-state index contributed by atoms with van der Waals surface area (Å²) in [4.78, 5) is 7.70. The second kappa shape index (κ2) is 3.26. The molecule has 82 valence electrons. The number of hydrogen-bond donors (Lipinski definition) is 2. The Morgan fingerprint density at radius 1 is 1.44 bits per heavy atom. The molecule has 1 fully saturated rings. The summed E-state index contributed by atoms with van der Waals surface area (Å²) in [5.41, 5.74) is 7.06. The Morgan fingerprint density at radius 3 is 2.94 bits per heavy atom. The van der Waals surface area contributed by atoms with Crippen LogP contribution in [0.25, 0.3) is 11.5 Å². The highest BCUT2D eigenvalue weighted by Crippen LogP contribution is 2.39. The van der Waals surface area contributed by atoms with Crippen LogP contribution in [0.3, 0.4) is 0 Å². The van der Waals surface area contributed by atoms with Crippen molar-refractivity contribution in [3.05, 3.63) is 23.8 Å². The maximum absolute atomic E-state index is 12.9. The summed E-state index contributed by atoms with van der Waals surface area (Å²) in [7, 11) is 0. The van der Waals surface area contributed by atoms with E-state index in [1.54, 1.807) is 0 Å². The number of aromatic nitrogens is 4. The van der Waals surface area contributed by atoms with Gasteiger partial charge in [-0.2, -0.15) is 5.10 Å². The van der Waals surface area contributed by atoms with Crippen LogP contribution in [0.2, 0.25) is 0 Å². The van der Waals surface area contributed by atoms with Crippen molar-refractivity contribution in [2.75, 3.05) is 5.73 Å². The highest BCUT2D eigenvalue weighted by molar-refractivity contribution is 5.52. The molecule has 1 aliphatic rings. The van der Waals surface area contributed by atoms with Gasteiger partial charge >= 0.3 is 0 Å². The van der Waals surface area contributed by atoms with E-state index in [1.807, 2.05) is 6.07 Å². The van der Waals surface area contributed by atoms with Crippen molar-refractivity contribution in [1.82, 2.24) is 20.2 Å². The Balaban J connectivity index is 1.97. The van der Waals surface area contributed by atoms with Crippen LogP contribution in [0.15, 0.2) is 12.3 Å². The molecule has 5 nitrogen and oxygen atoms in total. The van der Waals surface area contributed by atoms with Crippen LogP contribution in [0.4, 0.5) is 10.2 Å². The lowest BCUT2D eigenvalue weighted by Crippen LogP contribution is -1.99. The van der Waals surface area contributed by atoms with Crippen LogP contribution in [0.1, 0.15) is 24.5 Å². The standard InChI is InChI=1S/C10H10FN5/c11-6-4-13-10(14-9(6)12)8-3-7(15-16-8)5-1-2-5/h3-5H,1-2H2,(H,15,16)(H2,12,13,14). The molecule has 2 heterocycles. The fourth-order valence-electron chi connectivity index (χ4n) is 1.56. The van der Waals surface area contributed by atoms with Crippen molar-refractivity contribution >= 4 is 5.82 Å². The van der Waals surface area contributed by atoms with Crippen LogP contribution in [0, 0.1) is 5.82 Å². The molecule has 3 rings (SSSR count). The zero-order valence-corrected chi connectivity index (χ0v) is 8.44. The van der Waals surface area contributed by atoms with Gasteiger partial charge in [-0.25, -0.2) is 14.4 Å². The molecule has 0 saturated heterocycles. The van der Waals surface area contributed by atoms with Gasteiger partial charge in [0.1, 0.15) is 5.69 Å². The Bertz CT molecular complexity index is 532. The normalized spacial score (nSPS) is 15.3. The summed E-state index contributed by atoms with van der Waals surface area (Å²) in [6, 6.07) is 1.89. The topological polar surface area (TPSA) is 80.5 Å². The Morgan fingerprint density at radius 2 is 2.25 bits per heavy atom. The van der Waals surface area contributed by atoms with E-state index in [0.717, 1.165) is 11.9 Å². The lowest BCUT2D eigenvalue weighted by Gasteiger charge is -1.97. The molecule has 2 aromatic heterocycles. The minimum atomic E-state index is -0.610. The number of nitrogens with zero attached hydrogens (tertiary/aromatic N) is 3. The number of rotatable bonds is 2. The first kappa shape index (κ1) is 9.26. The van der Waals surface area contributed by atoms with Crippen molar-refractivity contribution in [3.8, 4) is 11.5 Å². The van der Waals surface area contributed by atoms with E-state index in [2.05, 4.69) is 20.2 Å². The first-order valence-electron chi connectivity index (χ1n) is 5.08. The molecule has 3 N–H and O–H groups in total. The van der Waals surface area contributed by atoms with Gasteiger partial charge in [-0.05, 0) is 18.9 Å². The zero-order chi connectivity index (χ0) is 11.1. The predicted octanol–water partition coefficient (Wildman–Crippen LogP) is 1.47. The number of aromatic amines is 1. The van der Waals surface area contributed by atoms with E-state index in [4.69, 9.17) is 5.73 Å². The quantitative estimate of drug-likeness (QED) is 0.801. The molecule has 0 amide bonds. The van der Waals surface area contributed by atoms with Crippen molar-refractivity contribution in [1.29, 1.82) is 0 Å². The minimum Gasteiger partial charge on any atom is -0.381 e. The summed E-state index contributed by atoms with van der Waals surface area (Å²) < 4.78 is 12.9. The van der Waals surface area contributed by atoms with Gasteiger partial charge in [-0.15, -0.1) is 0 Å². The van der Waals surface area contributed by atoms with Crippen LogP contribution in [-0.4, -0.2) is 20.2 Å². The molecular weight excluding hydrogens is 209 g/mol. The molecule has 0 aliphatic heterocycles. The van der Waals surface area contributed by atoms with E-state index in [1.165, 1.54) is 12.8 Å². The van der Waals surface area contributed by atoms with E-state index in [9.17, 15) is 4.39 Å². The summed E-state index contributed by atoms with van der Waals surface area (Å²) in [6.45, 7) is 0. The third kappa shape index (κ3) is 1.52. The monoisotopic (exact) mass is 219 g/mol. The zero-order valence-electron chi connectivity index (χ0n) is 8.44. The average molecular weight is 219 g/mol. The number of halogens is 1. The van der Waals surface area contributed by atoms with Crippen molar-refractivity contribution in [2.45, 2.75) is 18.8 Å². The summed E-state index contributed by atoms with van der Waals surface area (Å²) >= 11 is 0. The molecule has 0 aromatic carbocycles. The van der Waals surface area contributed by atoms with Crippen LogP contribution < -0.4 is 5.73 Å². The Hall–Kier alpha value is -1.98. The molecule has 0 spiro atoms. The largest absolute Gasteiger partial charge is 0.381 e. The van der Waals surface area contributed by atoms with E-state index < -0.39 is 5.82 Å². The lowest BCUT2D eigenvalue weighted by atomic mass is 10.2. The van der Waals surface area contributed by atoms with Crippen molar-refractivity contribution in [3.63, 3.8) is 0 Å². The number of nitrogens with one attached hydrogen (secondary N) is 1. The lowest BCUT2D eigenvalue weighted by molar-refractivity contribution is 0.620. The second-order valence-corrected chi connectivity index (χ2v) is 3.91. The maximum atomic E-state index is 12.9.